The first-order valence-electron chi connectivity index (χ1n) is 7.24. The molecule has 0 unspecified atom stereocenters. The van der Waals surface area contributed by atoms with Crippen molar-refractivity contribution >= 4 is 37.2 Å². The minimum absolute atomic E-state index is 0.222. The zero-order chi connectivity index (χ0) is 15.2. The van der Waals surface area contributed by atoms with Gasteiger partial charge >= 0.3 is 11.9 Å². The number of ether oxygens (including phenoxy) is 2. The summed E-state index contributed by atoms with van der Waals surface area (Å²) in [7, 11) is 0. The van der Waals surface area contributed by atoms with Crippen molar-refractivity contribution in [1.29, 1.82) is 0 Å². The van der Waals surface area contributed by atoms with Gasteiger partial charge in [-0.3, -0.25) is 9.59 Å². The minimum Gasteiger partial charge on any atom is -0.425 e. The Morgan fingerprint density at radius 1 is 0.900 bits per heavy atom. The first kappa shape index (κ1) is 19.6. The van der Waals surface area contributed by atoms with Gasteiger partial charge in [0.25, 0.3) is 0 Å². The Balaban J connectivity index is 4.10. The lowest BCUT2D eigenvalue weighted by Gasteiger charge is -2.18. The van der Waals surface area contributed by atoms with E-state index in [0.29, 0.717) is 17.9 Å². The molecule has 118 valence electrons. The van der Waals surface area contributed by atoms with Crippen molar-refractivity contribution in [1.82, 2.24) is 0 Å². The molecule has 0 aromatic carbocycles. The van der Waals surface area contributed by atoms with E-state index in [9.17, 15) is 9.59 Å². The molecule has 20 heavy (non-hydrogen) atoms. The van der Waals surface area contributed by atoms with Crippen molar-refractivity contribution in [3.8, 4) is 0 Å². The highest BCUT2D eigenvalue weighted by atomic mass is 32.1. The summed E-state index contributed by atoms with van der Waals surface area (Å²) in [6.45, 7) is 2.15. The van der Waals surface area contributed by atoms with Gasteiger partial charge in [-0.15, -0.1) is 0 Å². The second kappa shape index (κ2) is 13.6. The van der Waals surface area contributed by atoms with Crippen LogP contribution < -0.4 is 0 Å². The number of unbranched alkanes of at least 4 members (excludes halogenated alkanes) is 4. The van der Waals surface area contributed by atoms with Gasteiger partial charge < -0.3 is 9.47 Å². The highest BCUT2D eigenvalue weighted by molar-refractivity contribution is 7.80. The van der Waals surface area contributed by atoms with Gasteiger partial charge in [0, 0.05) is 17.9 Å². The van der Waals surface area contributed by atoms with Gasteiger partial charge in [0.15, 0.2) is 0 Å². The maximum atomic E-state index is 11.5. The third kappa shape index (κ3) is 11.5. The Bertz CT molecular complexity index is 252. The molecule has 0 heterocycles. The molecule has 0 saturated heterocycles. The van der Waals surface area contributed by atoms with Gasteiger partial charge in [0.2, 0.25) is 6.29 Å². The molecular formula is C14H26O4S2. The second-order valence-electron chi connectivity index (χ2n) is 4.56. The van der Waals surface area contributed by atoms with E-state index < -0.39 is 6.29 Å². The standard InChI is InChI=1S/C14H26O4S2/c1-2-3-4-5-6-7-14(17-12(15)8-10-19)18-13(16)9-11-20/h14,19-20H,2-11H2,1H3. The fraction of sp³-hybridized carbons (Fsp3) is 0.857. The monoisotopic (exact) mass is 322 g/mol. The Morgan fingerprint density at radius 3 is 1.85 bits per heavy atom. The van der Waals surface area contributed by atoms with Gasteiger partial charge in [-0.1, -0.05) is 32.6 Å². The summed E-state index contributed by atoms with van der Waals surface area (Å²) in [5, 5.41) is 0. The molecule has 0 N–H and O–H groups in total. The van der Waals surface area contributed by atoms with Crippen LogP contribution >= 0.6 is 25.3 Å². The molecule has 0 rings (SSSR count). The SMILES string of the molecule is CCCCCCCC(OC(=O)CCS)OC(=O)CCS. The number of hydrogen-bond donors (Lipinski definition) is 2. The summed E-state index contributed by atoms with van der Waals surface area (Å²) in [5.41, 5.74) is 0. The smallest absolute Gasteiger partial charge is 0.309 e. The number of rotatable bonds is 12. The lowest BCUT2D eigenvalue weighted by molar-refractivity contribution is -0.188. The van der Waals surface area contributed by atoms with Gasteiger partial charge in [-0.05, 0) is 6.42 Å². The van der Waals surface area contributed by atoms with Crippen LogP contribution in [-0.4, -0.2) is 29.7 Å². The molecule has 0 bridgehead atoms. The Labute approximate surface area is 132 Å². The van der Waals surface area contributed by atoms with Crippen molar-refractivity contribution in [2.75, 3.05) is 11.5 Å². The molecule has 0 spiro atoms. The molecule has 0 fully saturated rings. The molecule has 0 aliphatic heterocycles. The van der Waals surface area contributed by atoms with Crippen LogP contribution in [0.3, 0.4) is 0 Å². The van der Waals surface area contributed by atoms with Gasteiger partial charge in [0.1, 0.15) is 0 Å². The summed E-state index contributed by atoms with van der Waals surface area (Å²) < 4.78 is 10.3. The summed E-state index contributed by atoms with van der Waals surface area (Å²) in [5.74, 6) is 0.0914. The predicted molar refractivity (Wildman–Crippen MR) is 86.3 cm³/mol. The van der Waals surface area contributed by atoms with Crippen molar-refractivity contribution in [2.24, 2.45) is 0 Å². The zero-order valence-electron chi connectivity index (χ0n) is 12.2. The summed E-state index contributed by atoms with van der Waals surface area (Å²) in [6.07, 6.45) is 5.70. The third-order valence-electron chi connectivity index (χ3n) is 2.70. The van der Waals surface area contributed by atoms with Crippen LogP contribution in [0.5, 0.6) is 0 Å². The molecule has 0 aliphatic carbocycles. The fourth-order valence-corrected chi connectivity index (χ4v) is 2.02. The number of esters is 2. The lowest BCUT2D eigenvalue weighted by atomic mass is 10.1. The normalized spacial score (nSPS) is 10.6. The van der Waals surface area contributed by atoms with Crippen LogP contribution in [0.4, 0.5) is 0 Å². The second-order valence-corrected chi connectivity index (χ2v) is 5.45. The summed E-state index contributed by atoms with van der Waals surface area (Å²) >= 11 is 7.95. The van der Waals surface area contributed by atoms with Crippen molar-refractivity contribution in [2.45, 2.75) is 64.6 Å². The largest absolute Gasteiger partial charge is 0.425 e. The van der Waals surface area contributed by atoms with Crippen LogP contribution in [-0.2, 0) is 19.1 Å². The topological polar surface area (TPSA) is 52.6 Å². The average molecular weight is 322 g/mol. The Kier molecular flexibility index (Phi) is 13.4. The van der Waals surface area contributed by atoms with E-state index in [0.717, 1.165) is 19.3 Å². The van der Waals surface area contributed by atoms with Gasteiger partial charge in [-0.25, -0.2) is 0 Å². The third-order valence-corrected chi connectivity index (χ3v) is 3.15. The molecule has 6 heteroatoms. The maximum Gasteiger partial charge on any atom is 0.309 e. The van der Waals surface area contributed by atoms with Crippen LogP contribution in [0, 0.1) is 0 Å². The zero-order valence-corrected chi connectivity index (χ0v) is 14.0. The van der Waals surface area contributed by atoms with E-state index >= 15 is 0 Å². The Hall–Kier alpha value is -0.360. The highest BCUT2D eigenvalue weighted by Crippen LogP contribution is 2.12. The van der Waals surface area contributed by atoms with Crippen LogP contribution in [0.2, 0.25) is 0 Å². The molecule has 4 nitrogen and oxygen atoms in total. The van der Waals surface area contributed by atoms with Crippen molar-refractivity contribution < 1.29 is 19.1 Å². The first-order chi connectivity index (χ1) is 9.63. The summed E-state index contributed by atoms with van der Waals surface area (Å²) in [6, 6.07) is 0. The van der Waals surface area contributed by atoms with Crippen molar-refractivity contribution in [3.05, 3.63) is 0 Å². The number of hydrogen-bond acceptors (Lipinski definition) is 6. The molecule has 0 aromatic rings. The quantitative estimate of drug-likeness (QED) is 0.250. The van der Waals surface area contributed by atoms with Crippen LogP contribution in [0.1, 0.15) is 58.3 Å². The average Bonchev–Trinajstić information content (AvgIpc) is 2.38. The first-order valence-corrected chi connectivity index (χ1v) is 8.51. The van der Waals surface area contributed by atoms with E-state index in [1.807, 2.05) is 0 Å². The Morgan fingerprint density at radius 2 is 1.40 bits per heavy atom. The predicted octanol–water partition coefficient (Wildman–Crippen LogP) is 3.40. The van der Waals surface area contributed by atoms with E-state index in [4.69, 9.17) is 9.47 Å². The maximum absolute atomic E-state index is 11.5. The molecule has 0 atom stereocenters. The molecule has 0 aromatic heterocycles. The molecular weight excluding hydrogens is 296 g/mol. The highest BCUT2D eigenvalue weighted by Gasteiger charge is 2.18. The van der Waals surface area contributed by atoms with Gasteiger partial charge in [-0.2, -0.15) is 25.3 Å². The van der Waals surface area contributed by atoms with Gasteiger partial charge in [0.05, 0.1) is 12.8 Å². The lowest BCUT2D eigenvalue weighted by Crippen LogP contribution is -2.25. The number of carbonyl (C=O) groups excluding carboxylic acids is 2. The van der Waals surface area contributed by atoms with Crippen LogP contribution in [0.15, 0.2) is 0 Å². The van der Waals surface area contributed by atoms with Crippen molar-refractivity contribution in [3.63, 3.8) is 0 Å². The van der Waals surface area contributed by atoms with E-state index in [1.54, 1.807) is 0 Å². The number of thiol groups is 2. The fourth-order valence-electron chi connectivity index (χ4n) is 1.65. The molecule has 0 saturated carbocycles. The summed E-state index contributed by atoms with van der Waals surface area (Å²) in [4.78, 5) is 22.9. The molecule has 0 amide bonds. The number of carbonyl (C=O) groups is 2. The molecule has 0 radical (unpaired) electrons. The van der Waals surface area contributed by atoms with E-state index in [2.05, 4.69) is 32.2 Å². The van der Waals surface area contributed by atoms with E-state index in [-0.39, 0.29) is 24.8 Å². The van der Waals surface area contributed by atoms with Crippen LogP contribution in [0.25, 0.3) is 0 Å². The minimum atomic E-state index is -0.767. The van der Waals surface area contributed by atoms with E-state index in [1.165, 1.54) is 12.8 Å². The molecule has 0 aliphatic rings.